The molecule has 0 saturated carbocycles. The van der Waals surface area contributed by atoms with Crippen molar-refractivity contribution in [2.45, 2.75) is 38.1 Å². The number of nitrogens with zero attached hydrogens (tertiary/aromatic N) is 3. The van der Waals surface area contributed by atoms with Gasteiger partial charge in [-0.3, -0.25) is 9.69 Å². The molecular formula is C20H30N4O2. The van der Waals surface area contributed by atoms with Crippen molar-refractivity contribution in [3.63, 3.8) is 0 Å². The lowest BCUT2D eigenvalue weighted by atomic mass is 9.80. The third-order valence-electron chi connectivity index (χ3n) is 6.35. The molecule has 2 saturated heterocycles. The van der Waals surface area contributed by atoms with Gasteiger partial charge in [-0.15, -0.1) is 0 Å². The highest BCUT2D eigenvalue weighted by molar-refractivity contribution is 5.92. The highest BCUT2D eigenvalue weighted by Gasteiger charge is 2.35. The number of nitrogens with one attached hydrogen (secondary N) is 1. The fourth-order valence-corrected chi connectivity index (χ4v) is 4.74. The number of carbonyl (C=O) groups is 1. The van der Waals surface area contributed by atoms with Gasteiger partial charge in [0.1, 0.15) is 5.69 Å². The molecule has 26 heavy (non-hydrogen) atoms. The highest BCUT2D eigenvalue weighted by Crippen LogP contribution is 2.33. The van der Waals surface area contributed by atoms with E-state index < -0.39 is 0 Å². The summed E-state index contributed by atoms with van der Waals surface area (Å²) in [5.74, 6) is 1.62. The van der Waals surface area contributed by atoms with Crippen LogP contribution in [0.4, 0.5) is 5.69 Å². The maximum absolute atomic E-state index is 12.5. The van der Waals surface area contributed by atoms with Crippen LogP contribution in [0.3, 0.4) is 0 Å². The number of ether oxygens (including phenoxy) is 1. The Morgan fingerprint density at radius 1 is 1.15 bits per heavy atom. The van der Waals surface area contributed by atoms with Crippen molar-refractivity contribution in [2.75, 3.05) is 45.2 Å². The van der Waals surface area contributed by atoms with Crippen LogP contribution in [0.2, 0.25) is 0 Å². The summed E-state index contributed by atoms with van der Waals surface area (Å²) in [7, 11) is 2.21. The first-order chi connectivity index (χ1) is 12.7. The van der Waals surface area contributed by atoms with Crippen LogP contribution in [0.15, 0.2) is 18.3 Å². The molecule has 6 nitrogen and oxygen atoms in total. The topological polar surface area (TPSA) is 57.7 Å². The lowest BCUT2D eigenvalue weighted by Crippen LogP contribution is -2.50. The third kappa shape index (κ3) is 4.01. The zero-order valence-electron chi connectivity index (χ0n) is 15.7. The molecule has 0 aromatic carbocycles. The molecule has 4 rings (SSSR count). The van der Waals surface area contributed by atoms with Crippen LogP contribution in [0.25, 0.3) is 0 Å². The molecule has 4 heterocycles. The monoisotopic (exact) mass is 358 g/mol. The number of amides is 1. The Morgan fingerprint density at radius 2 is 2.00 bits per heavy atom. The van der Waals surface area contributed by atoms with E-state index in [1.807, 2.05) is 12.1 Å². The van der Waals surface area contributed by atoms with Crippen LogP contribution in [0, 0.1) is 11.8 Å². The second-order valence-electron chi connectivity index (χ2n) is 8.08. The molecule has 0 unspecified atom stereocenters. The van der Waals surface area contributed by atoms with Crippen LogP contribution < -0.4 is 10.1 Å². The Morgan fingerprint density at radius 3 is 2.85 bits per heavy atom. The van der Waals surface area contributed by atoms with Gasteiger partial charge in [-0.1, -0.05) is 0 Å². The number of fused-ring (bicyclic) bond motifs is 2. The van der Waals surface area contributed by atoms with Gasteiger partial charge in [-0.05, 0) is 76.3 Å². The predicted molar refractivity (Wildman–Crippen MR) is 101 cm³/mol. The zero-order valence-corrected chi connectivity index (χ0v) is 15.7. The summed E-state index contributed by atoms with van der Waals surface area (Å²) in [5, 5.41) is 3.00. The Bertz CT molecular complexity index is 630. The molecule has 6 heteroatoms. The summed E-state index contributed by atoms with van der Waals surface area (Å²) in [4.78, 5) is 21.9. The van der Waals surface area contributed by atoms with Gasteiger partial charge in [-0.2, -0.15) is 0 Å². The van der Waals surface area contributed by atoms with E-state index in [1.54, 1.807) is 6.20 Å². The SMILES string of the molecule is CN1CCC(N2CC[C@H]3CC(=O)Nc4cccnc4OCC[C@H]3C2)CC1. The Balaban J connectivity index is 1.43. The summed E-state index contributed by atoms with van der Waals surface area (Å²) in [6.45, 7) is 5.29. The fourth-order valence-electron chi connectivity index (χ4n) is 4.74. The summed E-state index contributed by atoms with van der Waals surface area (Å²) >= 11 is 0. The Kier molecular flexibility index (Phi) is 5.41. The summed E-state index contributed by atoms with van der Waals surface area (Å²) in [6.07, 6.45) is 6.97. The third-order valence-corrected chi connectivity index (χ3v) is 6.35. The van der Waals surface area contributed by atoms with Gasteiger partial charge in [0, 0.05) is 25.2 Å². The Labute approximate surface area is 155 Å². The van der Waals surface area contributed by atoms with Gasteiger partial charge >= 0.3 is 0 Å². The minimum absolute atomic E-state index is 0.0903. The van der Waals surface area contributed by atoms with E-state index in [1.165, 1.54) is 25.9 Å². The molecule has 0 bridgehead atoms. The standard InChI is InChI=1S/C20H30N4O2/c1-23-9-5-17(6-10-23)24-11-4-15-13-19(25)22-18-3-2-8-21-20(18)26-12-7-16(15)14-24/h2-3,8,15-17H,4-7,9-14H2,1H3,(H,22,25)/t15-,16-/m0/s1. The first kappa shape index (κ1) is 17.7. The largest absolute Gasteiger partial charge is 0.476 e. The second kappa shape index (κ2) is 7.92. The lowest BCUT2D eigenvalue weighted by molar-refractivity contribution is -0.118. The normalized spacial score (nSPS) is 29.2. The lowest BCUT2D eigenvalue weighted by Gasteiger charge is -2.44. The zero-order chi connectivity index (χ0) is 17.9. The number of piperidine rings is 2. The summed E-state index contributed by atoms with van der Waals surface area (Å²) in [6, 6.07) is 4.40. The summed E-state index contributed by atoms with van der Waals surface area (Å²) in [5.41, 5.74) is 0.694. The number of pyridine rings is 1. The number of hydrogen-bond donors (Lipinski definition) is 1. The van der Waals surface area contributed by atoms with Gasteiger partial charge in [-0.25, -0.2) is 4.98 Å². The predicted octanol–water partition coefficient (Wildman–Crippen LogP) is 2.22. The smallest absolute Gasteiger partial charge is 0.237 e. The van der Waals surface area contributed by atoms with E-state index in [2.05, 4.69) is 27.1 Å². The molecule has 2 atom stereocenters. The van der Waals surface area contributed by atoms with Crippen LogP contribution in [-0.4, -0.2) is 66.6 Å². The molecule has 2 fully saturated rings. The van der Waals surface area contributed by atoms with Gasteiger partial charge in [0.05, 0.1) is 6.61 Å². The molecule has 0 aliphatic carbocycles. The molecule has 0 radical (unpaired) electrons. The molecule has 142 valence electrons. The molecular weight excluding hydrogens is 328 g/mol. The van der Waals surface area contributed by atoms with Crippen molar-refractivity contribution < 1.29 is 9.53 Å². The highest BCUT2D eigenvalue weighted by atomic mass is 16.5. The number of rotatable bonds is 1. The van der Waals surface area contributed by atoms with Gasteiger partial charge in [0.15, 0.2) is 0 Å². The van der Waals surface area contributed by atoms with Crippen molar-refractivity contribution in [2.24, 2.45) is 11.8 Å². The van der Waals surface area contributed by atoms with E-state index in [9.17, 15) is 4.79 Å². The molecule has 3 aliphatic rings. The molecule has 3 aliphatic heterocycles. The van der Waals surface area contributed by atoms with Crippen molar-refractivity contribution in [3.05, 3.63) is 18.3 Å². The van der Waals surface area contributed by atoms with Crippen molar-refractivity contribution >= 4 is 11.6 Å². The van der Waals surface area contributed by atoms with Crippen LogP contribution in [0.1, 0.15) is 32.1 Å². The first-order valence-corrected chi connectivity index (χ1v) is 9.99. The minimum atomic E-state index is 0.0903. The Hall–Kier alpha value is -1.66. The molecule has 1 N–H and O–H groups in total. The van der Waals surface area contributed by atoms with Gasteiger partial charge in [0.25, 0.3) is 0 Å². The summed E-state index contributed by atoms with van der Waals surface area (Å²) < 4.78 is 5.91. The first-order valence-electron chi connectivity index (χ1n) is 9.99. The maximum Gasteiger partial charge on any atom is 0.237 e. The van der Waals surface area contributed by atoms with Crippen LogP contribution in [0.5, 0.6) is 5.88 Å². The minimum Gasteiger partial charge on any atom is -0.476 e. The van der Waals surface area contributed by atoms with Gasteiger partial charge in [0.2, 0.25) is 11.8 Å². The number of anilines is 1. The number of likely N-dealkylation sites (tertiary alicyclic amines) is 2. The second-order valence-corrected chi connectivity index (χ2v) is 8.08. The van der Waals surface area contributed by atoms with Crippen molar-refractivity contribution in [1.29, 1.82) is 0 Å². The molecule has 0 spiro atoms. The van der Waals surface area contributed by atoms with Crippen LogP contribution >= 0.6 is 0 Å². The number of aromatic nitrogens is 1. The average molecular weight is 358 g/mol. The van der Waals surface area contributed by atoms with E-state index >= 15 is 0 Å². The van der Waals surface area contributed by atoms with Crippen molar-refractivity contribution in [3.8, 4) is 5.88 Å². The van der Waals surface area contributed by atoms with E-state index in [4.69, 9.17) is 4.74 Å². The number of hydrogen-bond acceptors (Lipinski definition) is 5. The quantitative estimate of drug-likeness (QED) is 0.834. The van der Waals surface area contributed by atoms with E-state index in [-0.39, 0.29) is 5.91 Å². The van der Waals surface area contributed by atoms with Crippen molar-refractivity contribution in [1.82, 2.24) is 14.8 Å². The molecule has 1 amide bonds. The maximum atomic E-state index is 12.5. The fraction of sp³-hybridized carbons (Fsp3) is 0.700. The van der Waals surface area contributed by atoms with E-state index in [0.29, 0.717) is 42.5 Å². The van der Waals surface area contributed by atoms with Gasteiger partial charge < -0.3 is 15.0 Å². The molecule has 1 aromatic rings. The number of carbonyl (C=O) groups excluding carboxylic acids is 1. The van der Waals surface area contributed by atoms with E-state index in [0.717, 1.165) is 25.9 Å². The average Bonchev–Trinajstić information content (AvgIpc) is 2.65. The van der Waals surface area contributed by atoms with Crippen LogP contribution in [-0.2, 0) is 4.79 Å². The molecule has 1 aromatic heterocycles.